The minimum absolute atomic E-state index is 0.150. The molecule has 0 spiro atoms. The van der Waals surface area contributed by atoms with E-state index in [0.717, 1.165) is 5.01 Å². The third-order valence-electron chi connectivity index (χ3n) is 2.50. The number of methoxy groups -OCH3 is 1. The van der Waals surface area contributed by atoms with Gasteiger partial charge in [0.2, 0.25) is 5.91 Å². The summed E-state index contributed by atoms with van der Waals surface area (Å²) in [6.07, 6.45) is 0. The van der Waals surface area contributed by atoms with E-state index in [1.165, 1.54) is 23.1 Å². The molecule has 2 rings (SSSR count). The summed E-state index contributed by atoms with van der Waals surface area (Å²) >= 11 is 2.68. The fourth-order valence-electron chi connectivity index (χ4n) is 1.44. The number of amides is 2. The minimum atomic E-state index is -0.396. The molecular weight excluding hydrogens is 324 g/mol. The molecule has 22 heavy (non-hydrogen) atoms. The lowest BCUT2D eigenvalue weighted by Gasteiger charge is -2.07. The molecule has 0 fully saturated rings. The summed E-state index contributed by atoms with van der Waals surface area (Å²) in [7, 11) is 1.55. The number of carbonyl (C=O) groups excluding carboxylic acids is 2. The van der Waals surface area contributed by atoms with E-state index in [2.05, 4.69) is 21.0 Å². The molecule has 2 N–H and O–H groups in total. The number of hydrogen-bond acceptors (Lipinski definition) is 7. The molecule has 0 aliphatic rings. The molecule has 0 aliphatic heterocycles. The van der Waals surface area contributed by atoms with E-state index in [9.17, 15) is 9.59 Å². The third-order valence-corrected chi connectivity index (χ3v) is 4.47. The van der Waals surface area contributed by atoms with Crippen molar-refractivity contribution in [3.8, 4) is 5.75 Å². The van der Waals surface area contributed by atoms with Gasteiger partial charge in [0.15, 0.2) is 4.34 Å². The van der Waals surface area contributed by atoms with Crippen molar-refractivity contribution in [2.45, 2.75) is 11.3 Å². The largest absolute Gasteiger partial charge is 0.497 e. The maximum absolute atomic E-state index is 11.8. The van der Waals surface area contributed by atoms with Crippen LogP contribution in [0, 0.1) is 6.92 Å². The molecule has 1 aromatic heterocycles. The lowest BCUT2D eigenvalue weighted by atomic mass is 10.2. The summed E-state index contributed by atoms with van der Waals surface area (Å²) < 4.78 is 5.73. The number of nitrogens with one attached hydrogen (secondary N) is 2. The first-order chi connectivity index (χ1) is 10.6. The number of rotatable bonds is 5. The highest BCUT2D eigenvalue weighted by atomic mass is 32.2. The van der Waals surface area contributed by atoms with E-state index >= 15 is 0 Å². The summed E-state index contributed by atoms with van der Waals surface area (Å²) in [6, 6.07) is 6.56. The van der Waals surface area contributed by atoms with Gasteiger partial charge in [0.25, 0.3) is 5.91 Å². The zero-order valence-corrected chi connectivity index (χ0v) is 13.6. The van der Waals surface area contributed by atoms with Gasteiger partial charge in [0, 0.05) is 5.56 Å². The number of ether oxygens (including phenoxy) is 1. The number of benzene rings is 1. The van der Waals surface area contributed by atoms with Crippen LogP contribution in [0.2, 0.25) is 0 Å². The molecule has 2 aromatic rings. The molecule has 0 saturated carbocycles. The third kappa shape index (κ3) is 4.71. The second-order valence-electron chi connectivity index (χ2n) is 4.11. The second-order valence-corrected chi connectivity index (χ2v) is 6.51. The van der Waals surface area contributed by atoms with Gasteiger partial charge in [-0.1, -0.05) is 23.1 Å². The monoisotopic (exact) mass is 338 g/mol. The molecule has 0 aliphatic carbocycles. The molecular formula is C13H14N4O3S2. The molecule has 1 heterocycles. The Morgan fingerprint density at radius 1 is 1.23 bits per heavy atom. The Balaban J connectivity index is 1.76. The molecule has 116 valence electrons. The number of hydrogen-bond donors (Lipinski definition) is 2. The highest BCUT2D eigenvalue weighted by Gasteiger charge is 2.09. The average molecular weight is 338 g/mol. The van der Waals surface area contributed by atoms with Crippen LogP contribution in [0.5, 0.6) is 5.75 Å². The zero-order valence-electron chi connectivity index (χ0n) is 12.0. The van der Waals surface area contributed by atoms with Gasteiger partial charge in [0.1, 0.15) is 10.8 Å². The van der Waals surface area contributed by atoms with Gasteiger partial charge in [-0.3, -0.25) is 20.4 Å². The van der Waals surface area contributed by atoms with Crippen LogP contribution < -0.4 is 15.6 Å². The maximum atomic E-state index is 11.8. The van der Waals surface area contributed by atoms with Crippen molar-refractivity contribution >= 4 is 34.9 Å². The summed E-state index contributed by atoms with van der Waals surface area (Å²) in [4.78, 5) is 23.5. The van der Waals surface area contributed by atoms with Crippen molar-refractivity contribution in [3.05, 3.63) is 34.8 Å². The van der Waals surface area contributed by atoms with Crippen LogP contribution in [0.4, 0.5) is 0 Å². The first kappa shape index (κ1) is 16.2. The Bertz CT molecular complexity index is 658. The summed E-state index contributed by atoms with van der Waals surface area (Å²) in [5, 5.41) is 8.60. The van der Waals surface area contributed by atoms with Crippen LogP contribution in [-0.2, 0) is 4.79 Å². The Labute approximate surface area is 135 Å². The highest BCUT2D eigenvalue weighted by molar-refractivity contribution is 8.01. The van der Waals surface area contributed by atoms with Crippen molar-refractivity contribution in [2.24, 2.45) is 0 Å². The van der Waals surface area contributed by atoms with E-state index in [1.54, 1.807) is 31.4 Å². The lowest BCUT2D eigenvalue weighted by molar-refractivity contribution is -0.119. The predicted octanol–water partition coefficient (Wildman–Crippen LogP) is 1.41. The first-order valence-electron chi connectivity index (χ1n) is 6.24. The van der Waals surface area contributed by atoms with E-state index in [0.29, 0.717) is 15.7 Å². The van der Waals surface area contributed by atoms with Gasteiger partial charge < -0.3 is 4.74 Å². The SMILES string of the molecule is COc1ccc(C(=O)NNC(=O)CSc2nnc(C)s2)cc1. The summed E-state index contributed by atoms with van der Waals surface area (Å²) in [5.74, 6) is 0.0918. The molecule has 0 atom stereocenters. The van der Waals surface area contributed by atoms with Gasteiger partial charge in [-0.2, -0.15) is 0 Å². The van der Waals surface area contributed by atoms with Crippen LogP contribution in [0.15, 0.2) is 28.6 Å². The number of thioether (sulfide) groups is 1. The standard InChI is InChI=1S/C13H14N4O3S2/c1-8-14-17-13(22-8)21-7-11(18)15-16-12(19)9-3-5-10(20-2)6-4-9/h3-6H,7H2,1-2H3,(H,15,18)(H,16,19). The fraction of sp³-hybridized carbons (Fsp3) is 0.231. The smallest absolute Gasteiger partial charge is 0.269 e. The molecule has 1 aromatic carbocycles. The van der Waals surface area contributed by atoms with Gasteiger partial charge in [0.05, 0.1) is 12.9 Å². The number of carbonyl (C=O) groups is 2. The molecule has 0 bridgehead atoms. The molecule has 7 nitrogen and oxygen atoms in total. The quantitative estimate of drug-likeness (QED) is 0.632. The van der Waals surface area contributed by atoms with Gasteiger partial charge in [-0.15, -0.1) is 10.2 Å². The molecule has 0 unspecified atom stereocenters. The zero-order chi connectivity index (χ0) is 15.9. The van der Waals surface area contributed by atoms with E-state index < -0.39 is 5.91 Å². The second kappa shape index (κ2) is 7.76. The van der Waals surface area contributed by atoms with Crippen LogP contribution in [0.3, 0.4) is 0 Å². The normalized spacial score (nSPS) is 10.1. The fourth-order valence-corrected chi connectivity index (χ4v) is 3.06. The lowest BCUT2D eigenvalue weighted by Crippen LogP contribution is -2.42. The van der Waals surface area contributed by atoms with Crippen molar-refractivity contribution < 1.29 is 14.3 Å². The van der Waals surface area contributed by atoms with Crippen LogP contribution in [-0.4, -0.2) is 34.9 Å². The highest BCUT2D eigenvalue weighted by Crippen LogP contribution is 2.21. The minimum Gasteiger partial charge on any atom is -0.497 e. The Hall–Kier alpha value is -2.13. The van der Waals surface area contributed by atoms with Gasteiger partial charge >= 0.3 is 0 Å². The Morgan fingerprint density at radius 2 is 1.95 bits per heavy atom. The number of aryl methyl sites for hydroxylation is 1. The van der Waals surface area contributed by atoms with Crippen molar-refractivity contribution in [3.63, 3.8) is 0 Å². The predicted molar refractivity (Wildman–Crippen MR) is 84.0 cm³/mol. The maximum Gasteiger partial charge on any atom is 0.269 e. The first-order valence-corrected chi connectivity index (χ1v) is 8.05. The van der Waals surface area contributed by atoms with Gasteiger partial charge in [-0.05, 0) is 31.2 Å². The van der Waals surface area contributed by atoms with Gasteiger partial charge in [-0.25, -0.2) is 0 Å². The summed E-state index contributed by atoms with van der Waals surface area (Å²) in [5.41, 5.74) is 5.13. The summed E-state index contributed by atoms with van der Waals surface area (Å²) in [6.45, 7) is 1.84. The number of hydrazine groups is 1. The molecule has 0 saturated heterocycles. The van der Waals surface area contributed by atoms with Crippen LogP contribution in [0.1, 0.15) is 15.4 Å². The average Bonchev–Trinajstić information content (AvgIpc) is 2.96. The number of nitrogens with zero attached hydrogens (tertiary/aromatic N) is 2. The number of aromatic nitrogens is 2. The molecule has 0 radical (unpaired) electrons. The Morgan fingerprint density at radius 3 is 2.55 bits per heavy atom. The van der Waals surface area contributed by atoms with Crippen molar-refractivity contribution in [2.75, 3.05) is 12.9 Å². The van der Waals surface area contributed by atoms with Crippen molar-refractivity contribution in [1.29, 1.82) is 0 Å². The topological polar surface area (TPSA) is 93.2 Å². The molecule has 2 amide bonds. The van der Waals surface area contributed by atoms with E-state index in [4.69, 9.17) is 4.74 Å². The Kier molecular flexibility index (Phi) is 5.73. The van der Waals surface area contributed by atoms with Crippen LogP contribution in [0.25, 0.3) is 0 Å². The molecule has 9 heteroatoms. The van der Waals surface area contributed by atoms with Crippen molar-refractivity contribution in [1.82, 2.24) is 21.0 Å². The van der Waals surface area contributed by atoms with Crippen LogP contribution >= 0.6 is 23.1 Å². The van der Waals surface area contributed by atoms with E-state index in [1.807, 2.05) is 6.92 Å². The van der Waals surface area contributed by atoms with E-state index in [-0.39, 0.29) is 11.7 Å².